The summed E-state index contributed by atoms with van der Waals surface area (Å²) in [7, 11) is 3.44. The van der Waals surface area contributed by atoms with Crippen LogP contribution in [0, 0.1) is 18.2 Å². The molecule has 2 saturated heterocycles. The number of terminal acetylenes is 1. The van der Waals surface area contributed by atoms with E-state index in [1.165, 1.54) is 11.6 Å². The molecule has 0 spiro atoms. The van der Waals surface area contributed by atoms with Gasteiger partial charge in [0, 0.05) is 48.9 Å². The van der Waals surface area contributed by atoms with Crippen LogP contribution in [0.5, 0.6) is 5.88 Å². The van der Waals surface area contributed by atoms with Crippen molar-refractivity contribution in [2.24, 2.45) is 0 Å². The molecule has 1 N–H and O–H groups in total. The number of rotatable bonds is 2. The minimum atomic E-state index is -0.388. The SMILES string of the molecule is C#Cc1c(F)ccc2cccc(N3CCc4c(nc(OC)c5c4N4CC6CCC(N6)C4C(=O)N5C)C3)c12. The molecule has 2 bridgehead atoms. The van der Waals surface area contributed by atoms with Crippen LogP contribution in [-0.4, -0.2) is 56.3 Å². The minimum absolute atomic E-state index is 0.0856. The molecule has 3 atom stereocenters. The van der Waals surface area contributed by atoms with Crippen LogP contribution in [0.25, 0.3) is 10.8 Å². The number of benzene rings is 2. The highest BCUT2D eigenvalue weighted by molar-refractivity contribution is 6.08. The largest absolute Gasteiger partial charge is 0.479 e. The molecule has 1 aromatic heterocycles. The van der Waals surface area contributed by atoms with Crippen molar-refractivity contribution in [2.75, 3.05) is 41.9 Å². The molecule has 8 heteroatoms. The lowest BCUT2D eigenvalue weighted by atomic mass is 9.92. The van der Waals surface area contributed by atoms with Crippen molar-refractivity contribution >= 4 is 33.7 Å². The molecule has 5 heterocycles. The van der Waals surface area contributed by atoms with Crippen LogP contribution in [0.3, 0.4) is 0 Å². The second-order valence-corrected chi connectivity index (χ2v) is 10.4. The second kappa shape index (κ2) is 8.09. The van der Waals surface area contributed by atoms with Gasteiger partial charge < -0.3 is 24.8 Å². The number of carbonyl (C=O) groups is 1. The zero-order chi connectivity index (χ0) is 25.4. The van der Waals surface area contributed by atoms with Crippen LogP contribution in [0.2, 0.25) is 0 Å². The number of amides is 1. The van der Waals surface area contributed by atoms with Crippen molar-refractivity contribution in [3.05, 3.63) is 53.0 Å². The number of fused-ring (bicyclic) bond motifs is 9. The number of methoxy groups -OCH3 is 1. The first-order valence-electron chi connectivity index (χ1n) is 12.8. The van der Waals surface area contributed by atoms with E-state index in [9.17, 15) is 9.18 Å². The van der Waals surface area contributed by atoms with E-state index < -0.39 is 0 Å². The Balaban J connectivity index is 1.37. The molecule has 0 saturated carbocycles. The van der Waals surface area contributed by atoms with Gasteiger partial charge in [0.05, 0.1) is 30.6 Å². The van der Waals surface area contributed by atoms with Crippen molar-refractivity contribution in [3.63, 3.8) is 0 Å². The van der Waals surface area contributed by atoms with Crippen LogP contribution in [0.15, 0.2) is 30.3 Å². The van der Waals surface area contributed by atoms with Gasteiger partial charge in [0.25, 0.3) is 5.91 Å². The topological polar surface area (TPSA) is 60.9 Å². The van der Waals surface area contributed by atoms with Gasteiger partial charge >= 0.3 is 0 Å². The van der Waals surface area contributed by atoms with Gasteiger partial charge in [-0.15, -0.1) is 6.42 Å². The number of pyridine rings is 1. The standard InChI is InChI=1S/C29H28FN5O2/c1-4-18-20(30)10-8-16-6-5-7-23(24(16)18)34-13-12-19-22(15-34)32-28(37-3)27-25(19)35-14-17-9-11-21(31-17)26(35)29(36)33(27)2/h1,5-8,10,17,21,26,31H,9,11-15H2,2-3H3. The Kier molecular flexibility index (Phi) is 4.89. The van der Waals surface area contributed by atoms with E-state index in [2.05, 4.69) is 21.0 Å². The Morgan fingerprint density at radius 3 is 2.89 bits per heavy atom. The number of ether oxygens (including phenoxy) is 1. The molecule has 4 aliphatic rings. The highest BCUT2D eigenvalue weighted by Crippen LogP contribution is 2.49. The number of nitrogens with one attached hydrogen (secondary N) is 1. The molecule has 0 aliphatic carbocycles. The summed E-state index contributed by atoms with van der Waals surface area (Å²) in [6.45, 7) is 2.07. The number of likely N-dealkylation sites (N-methyl/N-ethyl adjacent to an activating group) is 1. The van der Waals surface area contributed by atoms with Crippen molar-refractivity contribution in [2.45, 2.75) is 43.9 Å². The highest BCUT2D eigenvalue weighted by Gasteiger charge is 2.50. The maximum Gasteiger partial charge on any atom is 0.251 e. The molecule has 7 nitrogen and oxygen atoms in total. The van der Waals surface area contributed by atoms with Gasteiger partial charge in [-0.05, 0) is 36.8 Å². The fraction of sp³-hybridized carbons (Fsp3) is 0.379. The summed E-state index contributed by atoms with van der Waals surface area (Å²) in [4.78, 5) is 24.7. The monoisotopic (exact) mass is 497 g/mol. The normalized spacial score (nSPS) is 24.0. The van der Waals surface area contributed by atoms with E-state index in [0.717, 1.165) is 65.9 Å². The van der Waals surface area contributed by atoms with Gasteiger partial charge in [0.2, 0.25) is 5.88 Å². The van der Waals surface area contributed by atoms with E-state index in [-0.39, 0.29) is 29.4 Å². The number of anilines is 3. The lowest BCUT2D eigenvalue weighted by molar-refractivity contribution is -0.120. The molecule has 0 radical (unpaired) electrons. The first-order chi connectivity index (χ1) is 18.0. The van der Waals surface area contributed by atoms with E-state index in [1.54, 1.807) is 18.1 Å². The van der Waals surface area contributed by atoms with Gasteiger partial charge in [-0.25, -0.2) is 9.37 Å². The van der Waals surface area contributed by atoms with Gasteiger partial charge in [0.1, 0.15) is 17.5 Å². The molecule has 1 amide bonds. The minimum Gasteiger partial charge on any atom is -0.479 e. The van der Waals surface area contributed by atoms with Crippen molar-refractivity contribution in [1.29, 1.82) is 0 Å². The van der Waals surface area contributed by atoms with Crippen molar-refractivity contribution < 1.29 is 13.9 Å². The number of halogens is 1. The van der Waals surface area contributed by atoms with Crippen LogP contribution in [0.4, 0.5) is 21.5 Å². The summed E-state index contributed by atoms with van der Waals surface area (Å²) in [5.74, 6) is 2.72. The van der Waals surface area contributed by atoms with Gasteiger partial charge in [-0.3, -0.25) is 4.79 Å². The summed E-state index contributed by atoms with van der Waals surface area (Å²) in [5.41, 5.74) is 5.12. The molecule has 3 aromatic rings. The molecule has 37 heavy (non-hydrogen) atoms. The third-order valence-corrected chi connectivity index (χ3v) is 8.54. The second-order valence-electron chi connectivity index (χ2n) is 10.4. The molecule has 7 rings (SSSR count). The summed E-state index contributed by atoms with van der Waals surface area (Å²) in [6, 6.07) is 9.46. The molecule has 4 aliphatic heterocycles. The summed E-state index contributed by atoms with van der Waals surface area (Å²) in [5, 5.41) is 5.31. The number of aromatic nitrogens is 1. The number of hydrogen-bond donors (Lipinski definition) is 1. The van der Waals surface area contributed by atoms with E-state index >= 15 is 0 Å². The molecule has 3 unspecified atom stereocenters. The fourth-order valence-electron chi connectivity index (χ4n) is 6.88. The van der Waals surface area contributed by atoms with Crippen LogP contribution in [0.1, 0.15) is 29.7 Å². The summed E-state index contributed by atoms with van der Waals surface area (Å²) in [6.07, 6.45) is 8.58. The predicted octanol–water partition coefficient (Wildman–Crippen LogP) is 3.21. The third kappa shape index (κ3) is 3.10. The van der Waals surface area contributed by atoms with Crippen LogP contribution < -0.4 is 24.8 Å². The third-order valence-electron chi connectivity index (χ3n) is 8.54. The fourth-order valence-corrected chi connectivity index (χ4v) is 6.88. The maximum atomic E-state index is 14.7. The quantitative estimate of drug-likeness (QED) is 0.549. The summed E-state index contributed by atoms with van der Waals surface area (Å²) < 4.78 is 20.4. The first kappa shape index (κ1) is 22.4. The Morgan fingerprint density at radius 1 is 1.22 bits per heavy atom. The first-order valence-corrected chi connectivity index (χ1v) is 12.8. The van der Waals surface area contributed by atoms with E-state index in [1.807, 2.05) is 25.2 Å². The lowest BCUT2D eigenvalue weighted by Gasteiger charge is -2.49. The summed E-state index contributed by atoms with van der Waals surface area (Å²) >= 11 is 0. The maximum absolute atomic E-state index is 14.7. The number of nitrogens with zero attached hydrogens (tertiary/aromatic N) is 4. The molecule has 2 fully saturated rings. The Labute approximate surface area is 215 Å². The van der Waals surface area contributed by atoms with Crippen LogP contribution in [-0.2, 0) is 17.8 Å². The number of carbonyl (C=O) groups excluding carboxylic acids is 1. The van der Waals surface area contributed by atoms with Gasteiger partial charge in [-0.2, -0.15) is 0 Å². The molecule has 188 valence electrons. The van der Waals surface area contributed by atoms with Gasteiger partial charge in [0.15, 0.2) is 0 Å². The van der Waals surface area contributed by atoms with Crippen molar-refractivity contribution in [1.82, 2.24) is 10.3 Å². The van der Waals surface area contributed by atoms with E-state index in [4.69, 9.17) is 16.1 Å². The molecular formula is C29H28FN5O2. The smallest absolute Gasteiger partial charge is 0.251 e. The number of piperazine rings is 1. The van der Waals surface area contributed by atoms with Crippen LogP contribution >= 0.6 is 0 Å². The predicted molar refractivity (Wildman–Crippen MR) is 142 cm³/mol. The Hall–Kier alpha value is -3.83. The zero-order valence-corrected chi connectivity index (χ0v) is 20.9. The Bertz CT molecular complexity index is 1510. The average molecular weight is 498 g/mol. The van der Waals surface area contributed by atoms with Gasteiger partial charge in [-0.1, -0.05) is 24.1 Å². The van der Waals surface area contributed by atoms with E-state index in [0.29, 0.717) is 18.5 Å². The molecule has 2 aromatic carbocycles. The van der Waals surface area contributed by atoms with Crippen molar-refractivity contribution in [3.8, 4) is 18.2 Å². The molecular weight excluding hydrogens is 469 g/mol. The Morgan fingerprint density at radius 2 is 2.08 bits per heavy atom. The number of hydrogen-bond acceptors (Lipinski definition) is 6. The highest BCUT2D eigenvalue weighted by atomic mass is 19.1. The lowest BCUT2D eigenvalue weighted by Crippen LogP contribution is -2.66. The average Bonchev–Trinajstić information content (AvgIpc) is 3.30. The zero-order valence-electron chi connectivity index (χ0n) is 20.9.